The molecule has 2 aromatic carbocycles. The third kappa shape index (κ3) is 4.06. The van der Waals surface area contributed by atoms with Gasteiger partial charge < -0.3 is 9.52 Å². The zero-order valence-corrected chi connectivity index (χ0v) is 16.8. The molecule has 0 unspecified atom stereocenters. The summed E-state index contributed by atoms with van der Waals surface area (Å²) in [5, 5.41) is 16.1. The summed E-state index contributed by atoms with van der Waals surface area (Å²) in [6.45, 7) is 0. The van der Waals surface area contributed by atoms with Crippen LogP contribution < -0.4 is 4.72 Å². The largest absolute Gasteiger partial charge is 0.508 e. The van der Waals surface area contributed by atoms with Crippen LogP contribution in [0.5, 0.6) is 5.75 Å². The molecule has 0 saturated heterocycles. The Hall–Kier alpha value is -3.59. The Morgan fingerprint density at radius 1 is 1.17 bits per heavy atom. The Balaban J connectivity index is 1.73. The molecule has 1 atom stereocenters. The maximum atomic E-state index is 13.0. The maximum Gasteiger partial charge on any atom is 0.310 e. The normalized spacial score (nSPS) is 16.4. The van der Waals surface area contributed by atoms with Crippen LogP contribution in [0.25, 0.3) is 0 Å². The molecule has 0 fully saturated rings. The van der Waals surface area contributed by atoms with Gasteiger partial charge in [-0.25, -0.2) is 13.4 Å². The number of hydrogen-bond acceptors (Lipinski definition) is 6. The number of rotatable bonds is 5. The molecule has 1 aliphatic heterocycles. The molecule has 154 valence electrons. The first-order valence-corrected chi connectivity index (χ1v) is 11.0. The number of aromatic hydroxyl groups is 1. The molecule has 1 amide bonds. The molecule has 0 spiro atoms. The van der Waals surface area contributed by atoms with Crippen LogP contribution in [-0.2, 0) is 10.0 Å². The second-order valence-corrected chi connectivity index (χ2v) is 8.66. The van der Waals surface area contributed by atoms with Crippen LogP contribution in [0.3, 0.4) is 0 Å². The van der Waals surface area contributed by atoms with E-state index < -0.39 is 22.0 Å². The van der Waals surface area contributed by atoms with Gasteiger partial charge in [0.1, 0.15) is 5.75 Å². The average Bonchev–Trinajstić information content (AvgIpc) is 3.37. The van der Waals surface area contributed by atoms with E-state index in [1.807, 2.05) is 0 Å². The van der Waals surface area contributed by atoms with Gasteiger partial charge in [0, 0.05) is 17.7 Å². The Kier molecular flexibility index (Phi) is 5.04. The highest BCUT2D eigenvalue weighted by Crippen LogP contribution is 2.38. The van der Waals surface area contributed by atoms with E-state index in [2.05, 4.69) is 9.82 Å². The Morgan fingerprint density at radius 2 is 1.97 bits per heavy atom. The lowest BCUT2D eigenvalue weighted by atomic mass is 9.97. The summed E-state index contributed by atoms with van der Waals surface area (Å²) in [4.78, 5) is 13.0. The first-order chi connectivity index (χ1) is 14.3. The number of benzene rings is 2. The summed E-state index contributed by atoms with van der Waals surface area (Å²) in [7, 11) is -3.43. The van der Waals surface area contributed by atoms with E-state index in [9.17, 15) is 18.3 Å². The van der Waals surface area contributed by atoms with Crippen molar-refractivity contribution in [2.75, 3.05) is 11.0 Å². The van der Waals surface area contributed by atoms with E-state index in [0.29, 0.717) is 28.9 Å². The Bertz CT molecular complexity index is 1220. The number of furan rings is 1. The number of phenolic OH excluding ortho intramolecular Hbond substituents is 1. The SMILES string of the molecule is CS(=O)(=O)Nc1cccc(C2=NN(C(=O)c3ccco3)[C@@H](c3ccccc3O)C2)c1. The van der Waals surface area contributed by atoms with E-state index in [1.165, 1.54) is 11.3 Å². The van der Waals surface area contributed by atoms with E-state index in [4.69, 9.17) is 4.42 Å². The highest BCUT2D eigenvalue weighted by atomic mass is 32.2. The predicted octanol–water partition coefficient (Wildman–Crippen LogP) is 3.35. The highest BCUT2D eigenvalue weighted by molar-refractivity contribution is 7.92. The predicted molar refractivity (Wildman–Crippen MR) is 112 cm³/mol. The maximum absolute atomic E-state index is 13.0. The fourth-order valence-electron chi connectivity index (χ4n) is 3.37. The second kappa shape index (κ2) is 7.68. The second-order valence-electron chi connectivity index (χ2n) is 6.91. The number of nitrogens with zero attached hydrogens (tertiary/aromatic N) is 2. The number of nitrogens with one attached hydrogen (secondary N) is 1. The standard InChI is InChI=1S/C21H19N3O5S/c1-30(27,28)23-15-7-4-6-14(12-15)17-13-18(16-8-2-3-9-19(16)25)24(22-17)21(26)20-10-5-11-29-20/h2-12,18,23,25H,13H2,1H3/t18-/m1/s1. The number of sulfonamides is 1. The first kappa shape index (κ1) is 19.7. The van der Waals surface area contributed by atoms with Gasteiger partial charge in [0.25, 0.3) is 0 Å². The van der Waals surface area contributed by atoms with Crippen molar-refractivity contribution in [3.05, 3.63) is 83.8 Å². The lowest BCUT2D eigenvalue weighted by molar-refractivity contribution is 0.0677. The quantitative estimate of drug-likeness (QED) is 0.651. The summed E-state index contributed by atoms with van der Waals surface area (Å²) >= 11 is 0. The van der Waals surface area contributed by atoms with Crippen molar-refractivity contribution < 1.29 is 22.7 Å². The molecule has 2 heterocycles. The van der Waals surface area contributed by atoms with Crippen LogP contribution in [-0.4, -0.2) is 36.4 Å². The molecule has 0 aliphatic carbocycles. The van der Waals surface area contributed by atoms with Gasteiger partial charge in [-0.2, -0.15) is 5.10 Å². The Labute approximate surface area is 173 Å². The molecule has 1 aromatic heterocycles. The number of phenols is 1. The van der Waals surface area contributed by atoms with E-state index >= 15 is 0 Å². The van der Waals surface area contributed by atoms with Gasteiger partial charge in [-0.05, 0) is 35.9 Å². The average molecular weight is 425 g/mol. The van der Waals surface area contributed by atoms with Crippen LogP contribution in [0.4, 0.5) is 5.69 Å². The molecular formula is C21H19N3O5S. The van der Waals surface area contributed by atoms with Crippen molar-refractivity contribution in [1.82, 2.24) is 5.01 Å². The fourth-order valence-corrected chi connectivity index (χ4v) is 3.93. The minimum absolute atomic E-state index is 0.0590. The molecule has 0 radical (unpaired) electrons. The molecule has 8 nitrogen and oxygen atoms in total. The van der Waals surface area contributed by atoms with Gasteiger partial charge in [-0.3, -0.25) is 9.52 Å². The summed E-state index contributed by atoms with van der Waals surface area (Å²) in [6.07, 6.45) is 2.82. The number of amides is 1. The van der Waals surface area contributed by atoms with Gasteiger partial charge in [-0.1, -0.05) is 30.3 Å². The van der Waals surface area contributed by atoms with Crippen molar-refractivity contribution in [3.63, 3.8) is 0 Å². The molecule has 4 rings (SSSR count). The van der Waals surface area contributed by atoms with Crippen LogP contribution in [0.2, 0.25) is 0 Å². The zero-order chi connectivity index (χ0) is 21.3. The molecule has 9 heteroatoms. The molecule has 1 aliphatic rings. The van der Waals surface area contributed by atoms with E-state index in [0.717, 1.165) is 6.26 Å². The first-order valence-electron chi connectivity index (χ1n) is 9.12. The molecule has 2 N–H and O–H groups in total. The van der Waals surface area contributed by atoms with Crippen LogP contribution in [0.15, 0.2) is 76.4 Å². The number of carbonyl (C=O) groups is 1. The number of carbonyl (C=O) groups excluding carboxylic acids is 1. The third-order valence-corrected chi connectivity index (χ3v) is 5.25. The molecule has 30 heavy (non-hydrogen) atoms. The van der Waals surface area contributed by atoms with Gasteiger partial charge in [0.15, 0.2) is 5.76 Å². The van der Waals surface area contributed by atoms with E-state index in [1.54, 1.807) is 60.7 Å². The van der Waals surface area contributed by atoms with Crippen molar-refractivity contribution in [3.8, 4) is 5.75 Å². The molecule has 3 aromatic rings. The minimum atomic E-state index is -3.43. The topological polar surface area (TPSA) is 112 Å². The summed E-state index contributed by atoms with van der Waals surface area (Å²) in [6, 6.07) is 16.2. The van der Waals surface area contributed by atoms with E-state index in [-0.39, 0.29) is 11.5 Å². The van der Waals surface area contributed by atoms with Gasteiger partial charge in [0.2, 0.25) is 10.0 Å². The number of anilines is 1. The van der Waals surface area contributed by atoms with Crippen molar-refractivity contribution in [2.24, 2.45) is 5.10 Å². The number of hydrazone groups is 1. The van der Waals surface area contributed by atoms with Gasteiger partial charge in [-0.15, -0.1) is 0 Å². The molecule has 0 saturated carbocycles. The van der Waals surface area contributed by atoms with Gasteiger partial charge in [0.05, 0.1) is 24.3 Å². The molecule has 0 bridgehead atoms. The monoisotopic (exact) mass is 425 g/mol. The summed E-state index contributed by atoms with van der Waals surface area (Å²) in [5.41, 5.74) is 2.20. The van der Waals surface area contributed by atoms with Crippen molar-refractivity contribution in [2.45, 2.75) is 12.5 Å². The summed E-state index contributed by atoms with van der Waals surface area (Å²) < 4.78 is 30.8. The molecular weight excluding hydrogens is 406 g/mol. The smallest absolute Gasteiger partial charge is 0.310 e. The Morgan fingerprint density at radius 3 is 2.67 bits per heavy atom. The zero-order valence-electron chi connectivity index (χ0n) is 16.0. The minimum Gasteiger partial charge on any atom is -0.508 e. The van der Waals surface area contributed by atoms with Crippen molar-refractivity contribution in [1.29, 1.82) is 0 Å². The lowest BCUT2D eigenvalue weighted by Gasteiger charge is -2.21. The highest BCUT2D eigenvalue weighted by Gasteiger charge is 2.36. The van der Waals surface area contributed by atoms with Gasteiger partial charge >= 0.3 is 5.91 Å². The number of hydrogen-bond donors (Lipinski definition) is 2. The third-order valence-electron chi connectivity index (χ3n) is 4.65. The van der Waals surface area contributed by atoms with Crippen LogP contribution in [0, 0.1) is 0 Å². The lowest BCUT2D eigenvalue weighted by Crippen LogP contribution is -2.26. The van der Waals surface area contributed by atoms with Crippen LogP contribution >= 0.6 is 0 Å². The number of para-hydroxylation sites is 1. The van der Waals surface area contributed by atoms with Crippen LogP contribution in [0.1, 0.15) is 34.1 Å². The summed E-state index contributed by atoms with van der Waals surface area (Å²) in [5.74, 6) is -0.245. The van der Waals surface area contributed by atoms with Crippen molar-refractivity contribution >= 4 is 27.3 Å². The fraction of sp³-hybridized carbons (Fsp3) is 0.143.